The lowest BCUT2D eigenvalue weighted by molar-refractivity contribution is 0.309. The van der Waals surface area contributed by atoms with Gasteiger partial charge in [0.05, 0.1) is 2.74 Å². The Morgan fingerprint density at radius 1 is 1.29 bits per heavy atom. The first kappa shape index (κ1) is 10.7. The number of rotatable bonds is 3. The molecule has 0 fully saturated rings. The molecule has 4 rings (SSSR count). The van der Waals surface area contributed by atoms with Gasteiger partial charge in [-0.1, -0.05) is 17.7 Å². The van der Waals surface area contributed by atoms with Crippen LogP contribution in [0.3, 0.4) is 0 Å². The van der Waals surface area contributed by atoms with Crippen LogP contribution in [-0.4, -0.2) is 28.0 Å². The van der Waals surface area contributed by atoms with Crippen molar-refractivity contribution in [1.29, 1.82) is 0 Å². The van der Waals surface area contributed by atoms with Gasteiger partial charge in [-0.05, 0) is 56.6 Å². The Balaban J connectivity index is 1.77. The van der Waals surface area contributed by atoms with Crippen molar-refractivity contribution in [2.75, 3.05) is 13.6 Å². The number of pyridine rings is 1. The van der Waals surface area contributed by atoms with E-state index in [0.717, 1.165) is 41.7 Å². The lowest BCUT2D eigenvalue weighted by atomic mass is 10.0. The Bertz CT molecular complexity index is 1050. The minimum atomic E-state index is -2.25. The quantitative estimate of drug-likeness (QED) is 0.729. The molecule has 0 radical (unpaired) electrons. The van der Waals surface area contributed by atoms with E-state index in [2.05, 4.69) is 29.9 Å². The smallest absolute Gasteiger partial charge is 0.0501 e. The molecule has 0 atom stereocenters. The third-order valence-electron chi connectivity index (χ3n) is 4.76. The van der Waals surface area contributed by atoms with Crippen molar-refractivity contribution in [2.45, 2.75) is 39.7 Å². The maximum Gasteiger partial charge on any atom is 0.0501 e. The van der Waals surface area contributed by atoms with Crippen LogP contribution >= 0.6 is 0 Å². The summed E-state index contributed by atoms with van der Waals surface area (Å²) in [5.41, 5.74) is 5.05. The first-order valence-electron chi connectivity index (χ1n) is 10.8. The molecule has 3 heteroatoms. The molecule has 2 aromatic heterocycles. The number of aryl methyl sites for hydroxylation is 4. The van der Waals surface area contributed by atoms with Crippen molar-refractivity contribution in [3.8, 4) is 0 Å². The Morgan fingerprint density at radius 3 is 3.00 bits per heavy atom. The SMILES string of the molecule is [2H]C([2H])([2H])c1ccc(CC([2H])([2H])n2c3c(c4cc(C)ccc42)CN(C)CC3)cn1. The molecular formula is C21H25N3. The van der Waals surface area contributed by atoms with E-state index in [1.54, 1.807) is 6.07 Å². The number of hydrogen-bond acceptors (Lipinski definition) is 2. The topological polar surface area (TPSA) is 21.1 Å². The highest BCUT2D eigenvalue weighted by Gasteiger charge is 2.22. The van der Waals surface area contributed by atoms with Crippen molar-refractivity contribution in [3.05, 3.63) is 64.6 Å². The molecule has 3 nitrogen and oxygen atoms in total. The monoisotopic (exact) mass is 324 g/mol. The van der Waals surface area contributed by atoms with Gasteiger partial charge in [0.1, 0.15) is 0 Å². The van der Waals surface area contributed by atoms with Crippen molar-refractivity contribution in [1.82, 2.24) is 14.5 Å². The molecule has 3 heterocycles. The van der Waals surface area contributed by atoms with E-state index in [-0.39, 0.29) is 12.1 Å². The number of likely N-dealkylation sites (N-methyl/N-ethyl adjacent to an activating group) is 1. The largest absolute Gasteiger partial charge is 0.344 e. The molecule has 0 saturated carbocycles. The summed E-state index contributed by atoms with van der Waals surface area (Å²) in [6.45, 7) is -0.139. The zero-order valence-electron chi connectivity index (χ0n) is 19.1. The fraction of sp³-hybridized carbons (Fsp3) is 0.381. The van der Waals surface area contributed by atoms with Gasteiger partial charge in [0.25, 0.3) is 0 Å². The van der Waals surface area contributed by atoms with E-state index in [1.165, 1.54) is 17.8 Å². The van der Waals surface area contributed by atoms with Gasteiger partial charge in [0.15, 0.2) is 0 Å². The van der Waals surface area contributed by atoms with E-state index in [4.69, 9.17) is 6.85 Å². The van der Waals surface area contributed by atoms with E-state index in [1.807, 2.05) is 16.7 Å². The number of aromatic nitrogens is 2. The molecule has 1 aliphatic heterocycles. The molecule has 1 aliphatic rings. The molecule has 24 heavy (non-hydrogen) atoms. The first-order valence-corrected chi connectivity index (χ1v) is 8.33. The van der Waals surface area contributed by atoms with Crippen LogP contribution in [0, 0.1) is 13.8 Å². The van der Waals surface area contributed by atoms with Crippen molar-refractivity contribution in [2.24, 2.45) is 0 Å². The van der Waals surface area contributed by atoms with Crippen LogP contribution < -0.4 is 0 Å². The zero-order chi connectivity index (χ0) is 21.0. The van der Waals surface area contributed by atoms with Gasteiger partial charge in [0.2, 0.25) is 0 Å². The van der Waals surface area contributed by atoms with Crippen LogP contribution in [0.1, 0.15) is 34.9 Å². The normalized spacial score (nSPS) is 19.2. The van der Waals surface area contributed by atoms with Crippen LogP contribution in [0.15, 0.2) is 36.5 Å². The Hall–Kier alpha value is -2.13. The summed E-state index contributed by atoms with van der Waals surface area (Å²) < 4.78 is 42.0. The number of fused-ring (bicyclic) bond motifs is 3. The second kappa shape index (κ2) is 6.06. The second-order valence-corrected chi connectivity index (χ2v) is 6.66. The van der Waals surface area contributed by atoms with Gasteiger partial charge in [-0.2, -0.15) is 0 Å². The van der Waals surface area contributed by atoms with E-state index in [0.29, 0.717) is 5.56 Å². The first-order chi connectivity index (χ1) is 13.6. The Labute approximate surface area is 151 Å². The lowest BCUT2D eigenvalue weighted by Gasteiger charge is -2.24. The maximum atomic E-state index is 8.90. The third kappa shape index (κ3) is 2.73. The summed E-state index contributed by atoms with van der Waals surface area (Å²) in [7, 11) is 2.09. The average molecular weight is 324 g/mol. The summed E-state index contributed by atoms with van der Waals surface area (Å²) >= 11 is 0. The highest BCUT2D eigenvalue weighted by Crippen LogP contribution is 2.31. The molecule has 0 N–H and O–H groups in total. The van der Waals surface area contributed by atoms with Crippen LogP contribution in [0.25, 0.3) is 10.9 Å². The molecule has 3 aromatic rings. The zero-order valence-corrected chi connectivity index (χ0v) is 14.1. The van der Waals surface area contributed by atoms with Gasteiger partial charge in [-0.25, -0.2) is 0 Å². The highest BCUT2D eigenvalue weighted by atomic mass is 15.1. The summed E-state index contributed by atoms with van der Waals surface area (Å²) in [5, 5.41) is 1.12. The van der Waals surface area contributed by atoms with Gasteiger partial charge in [0, 0.05) is 58.6 Å². The molecule has 124 valence electrons. The van der Waals surface area contributed by atoms with Crippen LogP contribution in [-0.2, 0) is 25.9 Å². The molecular weight excluding hydrogens is 294 g/mol. The van der Waals surface area contributed by atoms with Gasteiger partial charge >= 0.3 is 0 Å². The number of hydrogen-bond donors (Lipinski definition) is 0. The maximum absolute atomic E-state index is 8.90. The Morgan fingerprint density at radius 2 is 2.21 bits per heavy atom. The third-order valence-corrected chi connectivity index (χ3v) is 4.76. The van der Waals surface area contributed by atoms with Crippen molar-refractivity contribution < 1.29 is 6.85 Å². The predicted molar refractivity (Wildman–Crippen MR) is 99.4 cm³/mol. The van der Waals surface area contributed by atoms with Crippen molar-refractivity contribution >= 4 is 10.9 Å². The highest BCUT2D eigenvalue weighted by molar-refractivity contribution is 5.86. The minimum Gasteiger partial charge on any atom is -0.344 e. The van der Waals surface area contributed by atoms with Crippen LogP contribution in [0.2, 0.25) is 0 Å². The fourth-order valence-electron chi connectivity index (χ4n) is 3.49. The van der Waals surface area contributed by atoms with Crippen molar-refractivity contribution in [3.63, 3.8) is 0 Å². The number of nitrogens with zero attached hydrogens (tertiary/aromatic N) is 3. The van der Waals surface area contributed by atoms with E-state index >= 15 is 0 Å². The van der Waals surface area contributed by atoms with Gasteiger partial charge in [-0.15, -0.1) is 0 Å². The lowest BCUT2D eigenvalue weighted by Crippen LogP contribution is -2.27. The summed E-state index contributed by atoms with van der Waals surface area (Å²) in [6.07, 6.45) is 2.41. The van der Waals surface area contributed by atoms with Gasteiger partial charge in [-0.3, -0.25) is 4.98 Å². The molecule has 0 unspecified atom stereocenters. The van der Waals surface area contributed by atoms with Crippen LogP contribution in [0.4, 0.5) is 0 Å². The molecule has 1 aromatic carbocycles. The molecule has 0 aliphatic carbocycles. The molecule has 0 amide bonds. The summed E-state index contributed by atoms with van der Waals surface area (Å²) in [4.78, 5) is 6.31. The van der Waals surface area contributed by atoms with Gasteiger partial charge < -0.3 is 9.47 Å². The molecule has 0 spiro atoms. The molecule has 0 bridgehead atoms. The average Bonchev–Trinajstić information content (AvgIpc) is 2.95. The standard InChI is InChI=1S/C21H25N3/c1-15-4-7-20-18(12-15)19-14-23(3)10-9-21(19)24(20)11-8-17-6-5-16(2)22-13-17/h4-7,12-13H,8-11,14H2,1-3H3/i2D3,11D2. The van der Waals surface area contributed by atoms with E-state index in [9.17, 15) is 0 Å². The fourth-order valence-corrected chi connectivity index (χ4v) is 3.49. The second-order valence-electron chi connectivity index (χ2n) is 6.66. The Kier molecular flexibility index (Phi) is 2.70. The molecule has 0 saturated heterocycles. The summed E-state index contributed by atoms with van der Waals surface area (Å²) in [6, 6.07) is 9.32. The minimum absolute atomic E-state index is 0.0316. The predicted octanol–water partition coefficient (Wildman–Crippen LogP) is 3.88. The number of benzene rings is 1. The van der Waals surface area contributed by atoms with E-state index < -0.39 is 13.3 Å². The van der Waals surface area contributed by atoms with Crippen LogP contribution in [0.5, 0.6) is 0 Å². The summed E-state index contributed by atoms with van der Waals surface area (Å²) in [5.74, 6) is 0.